The van der Waals surface area contributed by atoms with E-state index in [-0.39, 0.29) is 0 Å². The number of furan rings is 1. The molecule has 0 fully saturated rings. The Morgan fingerprint density at radius 1 is 1.40 bits per heavy atom. The second-order valence-electron chi connectivity index (χ2n) is 4.11. The summed E-state index contributed by atoms with van der Waals surface area (Å²) in [5, 5.41) is 3.47. The van der Waals surface area contributed by atoms with E-state index in [1.54, 1.807) is 7.11 Å². The number of hydrogen-bond donors (Lipinski definition) is 1. The zero-order valence-electron chi connectivity index (χ0n) is 10.3. The summed E-state index contributed by atoms with van der Waals surface area (Å²) in [6, 6.07) is 2.74. The average Bonchev–Trinajstić information content (AvgIpc) is 2.45. The summed E-state index contributed by atoms with van der Waals surface area (Å²) >= 11 is 0. The Morgan fingerprint density at radius 2 is 2.07 bits per heavy atom. The van der Waals surface area contributed by atoms with Crippen molar-refractivity contribution >= 4 is 0 Å². The summed E-state index contributed by atoms with van der Waals surface area (Å²) in [7, 11) is 1.72. The van der Waals surface area contributed by atoms with Gasteiger partial charge in [0, 0.05) is 24.8 Å². The van der Waals surface area contributed by atoms with Gasteiger partial charge in [-0.05, 0) is 33.8 Å². The van der Waals surface area contributed by atoms with Crippen LogP contribution in [-0.2, 0) is 4.74 Å². The fraction of sp³-hybridized carbons (Fsp3) is 0.667. The van der Waals surface area contributed by atoms with Crippen molar-refractivity contribution in [2.24, 2.45) is 0 Å². The van der Waals surface area contributed by atoms with Crippen LogP contribution in [0.5, 0.6) is 0 Å². The first-order chi connectivity index (χ1) is 7.04. The molecule has 1 aromatic heterocycles. The van der Waals surface area contributed by atoms with Gasteiger partial charge in [-0.25, -0.2) is 0 Å². The zero-order valence-corrected chi connectivity index (χ0v) is 10.3. The maximum absolute atomic E-state index is 5.51. The molecule has 2 atom stereocenters. The Bertz CT molecular complexity index is 307. The lowest BCUT2D eigenvalue weighted by Crippen LogP contribution is -2.32. The van der Waals surface area contributed by atoms with Gasteiger partial charge in [0.1, 0.15) is 11.5 Å². The van der Waals surface area contributed by atoms with Gasteiger partial charge in [0.15, 0.2) is 0 Å². The highest BCUT2D eigenvalue weighted by molar-refractivity contribution is 5.23. The molecule has 0 aromatic carbocycles. The van der Waals surface area contributed by atoms with E-state index in [2.05, 4.69) is 25.2 Å². The average molecular weight is 211 g/mol. The lowest BCUT2D eigenvalue weighted by molar-refractivity contribution is 0.167. The van der Waals surface area contributed by atoms with Crippen LogP contribution in [0.4, 0.5) is 0 Å². The molecular weight excluding hydrogens is 190 g/mol. The standard InChI is InChI=1S/C12H21NO2/c1-8(7-14-5)13-10(3)12-6-9(2)15-11(12)4/h6,8,10,13H,7H2,1-5H3. The third-order valence-electron chi connectivity index (χ3n) is 2.50. The van der Waals surface area contributed by atoms with E-state index in [1.165, 1.54) is 5.56 Å². The molecule has 0 aliphatic carbocycles. The number of rotatable bonds is 5. The van der Waals surface area contributed by atoms with Gasteiger partial charge in [-0.3, -0.25) is 0 Å². The minimum absolute atomic E-state index is 0.299. The third-order valence-corrected chi connectivity index (χ3v) is 2.50. The van der Waals surface area contributed by atoms with Crippen LogP contribution in [-0.4, -0.2) is 19.8 Å². The summed E-state index contributed by atoms with van der Waals surface area (Å²) in [5.41, 5.74) is 1.23. The minimum Gasteiger partial charge on any atom is -0.466 e. The molecule has 1 N–H and O–H groups in total. The summed E-state index contributed by atoms with van der Waals surface area (Å²) in [6.07, 6.45) is 0. The molecule has 1 heterocycles. The second-order valence-corrected chi connectivity index (χ2v) is 4.11. The normalized spacial score (nSPS) is 15.3. The van der Waals surface area contributed by atoms with E-state index < -0.39 is 0 Å². The van der Waals surface area contributed by atoms with Crippen LogP contribution in [0.2, 0.25) is 0 Å². The van der Waals surface area contributed by atoms with Gasteiger partial charge in [0.05, 0.1) is 6.61 Å². The van der Waals surface area contributed by atoms with E-state index in [1.807, 2.05) is 13.8 Å². The van der Waals surface area contributed by atoms with E-state index in [0.29, 0.717) is 12.1 Å². The molecule has 15 heavy (non-hydrogen) atoms. The Kier molecular flexibility index (Phi) is 4.36. The first kappa shape index (κ1) is 12.3. The SMILES string of the molecule is COCC(C)NC(C)c1cc(C)oc1C. The number of aryl methyl sites for hydroxylation is 2. The molecule has 0 bridgehead atoms. The molecule has 3 heteroatoms. The number of hydrogen-bond acceptors (Lipinski definition) is 3. The van der Waals surface area contributed by atoms with Gasteiger partial charge in [0.25, 0.3) is 0 Å². The quantitative estimate of drug-likeness (QED) is 0.813. The van der Waals surface area contributed by atoms with Crippen molar-refractivity contribution in [2.75, 3.05) is 13.7 Å². The lowest BCUT2D eigenvalue weighted by atomic mass is 10.1. The lowest BCUT2D eigenvalue weighted by Gasteiger charge is -2.18. The van der Waals surface area contributed by atoms with Crippen molar-refractivity contribution < 1.29 is 9.15 Å². The maximum Gasteiger partial charge on any atom is 0.105 e. The predicted octanol–water partition coefficient (Wildman–Crippen LogP) is 2.58. The van der Waals surface area contributed by atoms with Gasteiger partial charge in [-0.1, -0.05) is 0 Å². The second kappa shape index (κ2) is 5.33. The molecule has 0 aliphatic heterocycles. The molecule has 0 saturated heterocycles. The summed E-state index contributed by atoms with van der Waals surface area (Å²) < 4.78 is 10.6. The number of nitrogens with one attached hydrogen (secondary N) is 1. The van der Waals surface area contributed by atoms with Crippen LogP contribution in [0.1, 0.15) is 37.0 Å². The smallest absolute Gasteiger partial charge is 0.105 e. The molecular formula is C12H21NO2. The van der Waals surface area contributed by atoms with E-state index in [9.17, 15) is 0 Å². The van der Waals surface area contributed by atoms with E-state index >= 15 is 0 Å². The van der Waals surface area contributed by atoms with Crippen molar-refractivity contribution in [3.63, 3.8) is 0 Å². The molecule has 0 amide bonds. The molecule has 3 nitrogen and oxygen atoms in total. The first-order valence-corrected chi connectivity index (χ1v) is 5.36. The monoisotopic (exact) mass is 211 g/mol. The van der Waals surface area contributed by atoms with Gasteiger partial charge >= 0.3 is 0 Å². The highest BCUT2D eigenvalue weighted by atomic mass is 16.5. The molecule has 2 unspecified atom stereocenters. The molecule has 0 saturated carbocycles. The van der Waals surface area contributed by atoms with Gasteiger partial charge in [-0.2, -0.15) is 0 Å². The molecule has 1 aromatic rings. The largest absolute Gasteiger partial charge is 0.466 e. The Hall–Kier alpha value is -0.800. The highest BCUT2D eigenvalue weighted by Crippen LogP contribution is 2.21. The molecule has 0 radical (unpaired) electrons. The van der Waals surface area contributed by atoms with Crippen LogP contribution >= 0.6 is 0 Å². The molecule has 0 aliphatic rings. The number of ether oxygens (including phenoxy) is 1. The van der Waals surface area contributed by atoms with E-state index in [4.69, 9.17) is 9.15 Å². The van der Waals surface area contributed by atoms with Crippen molar-refractivity contribution in [2.45, 2.75) is 39.8 Å². The number of methoxy groups -OCH3 is 1. The Balaban J connectivity index is 2.60. The topological polar surface area (TPSA) is 34.4 Å². The summed E-state index contributed by atoms with van der Waals surface area (Å²) in [5.74, 6) is 1.97. The summed E-state index contributed by atoms with van der Waals surface area (Å²) in [4.78, 5) is 0. The van der Waals surface area contributed by atoms with Crippen molar-refractivity contribution in [3.05, 3.63) is 23.2 Å². The van der Waals surface area contributed by atoms with Crippen LogP contribution in [0.15, 0.2) is 10.5 Å². The van der Waals surface area contributed by atoms with Gasteiger partial charge in [0.2, 0.25) is 0 Å². The third kappa shape index (κ3) is 3.36. The molecule has 1 rings (SSSR count). The van der Waals surface area contributed by atoms with Gasteiger partial charge in [-0.15, -0.1) is 0 Å². The van der Waals surface area contributed by atoms with E-state index in [0.717, 1.165) is 18.1 Å². The minimum atomic E-state index is 0.299. The van der Waals surface area contributed by atoms with Crippen molar-refractivity contribution in [1.82, 2.24) is 5.32 Å². The highest BCUT2D eigenvalue weighted by Gasteiger charge is 2.14. The predicted molar refractivity (Wildman–Crippen MR) is 61.1 cm³/mol. The fourth-order valence-electron chi connectivity index (χ4n) is 1.90. The maximum atomic E-state index is 5.51. The van der Waals surface area contributed by atoms with Crippen molar-refractivity contribution in [3.8, 4) is 0 Å². The van der Waals surface area contributed by atoms with Crippen LogP contribution < -0.4 is 5.32 Å². The molecule has 86 valence electrons. The Labute approximate surface area is 91.8 Å². The summed E-state index contributed by atoms with van der Waals surface area (Å²) in [6.45, 7) is 8.95. The van der Waals surface area contributed by atoms with Crippen LogP contribution in [0.25, 0.3) is 0 Å². The Morgan fingerprint density at radius 3 is 2.53 bits per heavy atom. The molecule has 0 spiro atoms. The first-order valence-electron chi connectivity index (χ1n) is 5.36. The van der Waals surface area contributed by atoms with Gasteiger partial charge < -0.3 is 14.5 Å². The fourth-order valence-corrected chi connectivity index (χ4v) is 1.90. The zero-order chi connectivity index (χ0) is 11.4. The van der Waals surface area contributed by atoms with Crippen LogP contribution in [0.3, 0.4) is 0 Å². The van der Waals surface area contributed by atoms with Crippen LogP contribution in [0, 0.1) is 13.8 Å². The van der Waals surface area contributed by atoms with Crippen molar-refractivity contribution in [1.29, 1.82) is 0 Å².